The Labute approximate surface area is 117 Å². The van der Waals surface area contributed by atoms with Gasteiger partial charge < -0.3 is 5.73 Å². The number of benzene rings is 1. The molecular formula is C13H18ClFN2O2. The van der Waals surface area contributed by atoms with Gasteiger partial charge in [-0.1, -0.05) is 19.3 Å². The number of rotatable bonds is 3. The first-order valence-electron chi connectivity index (χ1n) is 6.29. The van der Waals surface area contributed by atoms with Crippen LogP contribution in [0.1, 0.15) is 43.7 Å². The predicted octanol–water partition coefficient (Wildman–Crippen LogP) is 3.74. The highest BCUT2D eigenvalue weighted by molar-refractivity contribution is 5.85. The molecule has 0 bridgehead atoms. The third-order valence-electron chi connectivity index (χ3n) is 3.70. The summed E-state index contributed by atoms with van der Waals surface area (Å²) in [6.45, 7) is 0. The number of nitrogens with zero attached hydrogens (tertiary/aromatic N) is 1. The molecule has 0 saturated heterocycles. The average Bonchev–Trinajstić information content (AvgIpc) is 2.38. The fraction of sp³-hybridized carbons (Fsp3) is 0.538. The summed E-state index contributed by atoms with van der Waals surface area (Å²) in [5.74, 6) is -0.249. The fourth-order valence-corrected chi connectivity index (χ4v) is 2.71. The van der Waals surface area contributed by atoms with E-state index < -0.39 is 16.8 Å². The highest BCUT2D eigenvalue weighted by Gasteiger charge is 2.27. The van der Waals surface area contributed by atoms with Crippen molar-refractivity contribution in [2.75, 3.05) is 0 Å². The topological polar surface area (TPSA) is 69.2 Å². The van der Waals surface area contributed by atoms with Gasteiger partial charge in [-0.05, 0) is 30.9 Å². The maximum atomic E-state index is 13.3. The van der Waals surface area contributed by atoms with Gasteiger partial charge in [-0.3, -0.25) is 10.1 Å². The molecule has 1 aliphatic carbocycles. The Bertz CT molecular complexity index is 450. The molecular weight excluding hydrogens is 271 g/mol. The van der Waals surface area contributed by atoms with Crippen LogP contribution in [0.2, 0.25) is 0 Å². The van der Waals surface area contributed by atoms with Crippen molar-refractivity contribution >= 4 is 18.1 Å². The first kappa shape index (κ1) is 15.9. The van der Waals surface area contributed by atoms with E-state index in [1.165, 1.54) is 18.6 Å². The second-order valence-electron chi connectivity index (χ2n) is 4.88. The molecule has 0 unspecified atom stereocenters. The van der Waals surface area contributed by atoms with Gasteiger partial charge in [0.1, 0.15) is 5.82 Å². The van der Waals surface area contributed by atoms with Crippen LogP contribution in [0.15, 0.2) is 18.2 Å². The van der Waals surface area contributed by atoms with E-state index >= 15 is 0 Å². The normalized spacial score (nSPS) is 17.6. The van der Waals surface area contributed by atoms with Crippen molar-refractivity contribution in [3.05, 3.63) is 39.7 Å². The smallest absolute Gasteiger partial charge is 0.274 e. The Morgan fingerprint density at radius 3 is 2.53 bits per heavy atom. The molecule has 19 heavy (non-hydrogen) atoms. The van der Waals surface area contributed by atoms with E-state index in [2.05, 4.69) is 0 Å². The molecule has 1 saturated carbocycles. The van der Waals surface area contributed by atoms with Crippen LogP contribution in [0.25, 0.3) is 0 Å². The third-order valence-corrected chi connectivity index (χ3v) is 3.70. The van der Waals surface area contributed by atoms with Crippen LogP contribution in [-0.2, 0) is 0 Å². The van der Waals surface area contributed by atoms with Crippen LogP contribution in [0.3, 0.4) is 0 Å². The zero-order valence-electron chi connectivity index (χ0n) is 10.5. The molecule has 6 heteroatoms. The SMILES string of the molecule is Cl.N[C@@H](c1cc(F)ccc1[N+](=O)[O-])C1CCCCC1. The standard InChI is InChI=1S/C13H17FN2O2.ClH/c14-10-6-7-12(16(17)18)11(8-10)13(15)9-4-2-1-3-5-9;/h6-9,13H,1-5,15H2;1H/t13-;/m1./s1. The van der Waals surface area contributed by atoms with Crippen LogP contribution >= 0.6 is 12.4 Å². The fourth-order valence-electron chi connectivity index (χ4n) is 2.71. The van der Waals surface area contributed by atoms with Gasteiger partial charge in [0.2, 0.25) is 0 Å². The van der Waals surface area contributed by atoms with Crippen molar-refractivity contribution in [1.29, 1.82) is 0 Å². The molecule has 0 heterocycles. The second kappa shape index (κ2) is 6.82. The molecule has 1 aromatic rings. The molecule has 0 aliphatic heterocycles. The Kier molecular flexibility index (Phi) is 5.69. The summed E-state index contributed by atoms with van der Waals surface area (Å²) in [5, 5.41) is 10.9. The first-order valence-corrected chi connectivity index (χ1v) is 6.29. The molecule has 1 aliphatic rings. The summed E-state index contributed by atoms with van der Waals surface area (Å²) in [5.41, 5.74) is 6.36. The van der Waals surface area contributed by atoms with Crippen LogP contribution in [0.4, 0.5) is 10.1 Å². The van der Waals surface area contributed by atoms with Crippen molar-refractivity contribution in [2.45, 2.75) is 38.1 Å². The lowest BCUT2D eigenvalue weighted by molar-refractivity contribution is -0.385. The van der Waals surface area contributed by atoms with E-state index in [4.69, 9.17) is 5.73 Å². The van der Waals surface area contributed by atoms with Gasteiger partial charge in [0.25, 0.3) is 5.69 Å². The lowest BCUT2D eigenvalue weighted by Gasteiger charge is -2.27. The monoisotopic (exact) mass is 288 g/mol. The van der Waals surface area contributed by atoms with Gasteiger partial charge in [-0.25, -0.2) is 4.39 Å². The predicted molar refractivity (Wildman–Crippen MR) is 73.8 cm³/mol. The summed E-state index contributed by atoms with van der Waals surface area (Å²) in [6.07, 6.45) is 5.32. The zero-order valence-corrected chi connectivity index (χ0v) is 11.4. The second-order valence-corrected chi connectivity index (χ2v) is 4.88. The van der Waals surface area contributed by atoms with E-state index in [0.717, 1.165) is 31.7 Å². The summed E-state index contributed by atoms with van der Waals surface area (Å²) in [4.78, 5) is 10.5. The quantitative estimate of drug-likeness (QED) is 0.680. The molecule has 1 atom stereocenters. The Morgan fingerprint density at radius 2 is 1.95 bits per heavy atom. The molecule has 106 valence electrons. The minimum atomic E-state index is -0.489. The van der Waals surface area contributed by atoms with Crippen molar-refractivity contribution < 1.29 is 9.31 Å². The zero-order chi connectivity index (χ0) is 13.1. The number of nitro groups is 1. The minimum absolute atomic E-state index is 0. The summed E-state index contributed by atoms with van der Waals surface area (Å²) in [7, 11) is 0. The minimum Gasteiger partial charge on any atom is -0.323 e. The highest BCUT2D eigenvalue weighted by atomic mass is 35.5. The number of hydrogen-bond donors (Lipinski definition) is 1. The molecule has 2 N–H and O–H groups in total. The van der Waals surface area contributed by atoms with Gasteiger partial charge >= 0.3 is 0 Å². The molecule has 4 nitrogen and oxygen atoms in total. The number of nitrogens with two attached hydrogens (primary N) is 1. The van der Waals surface area contributed by atoms with E-state index in [9.17, 15) is 14.5 Å². The van der Waals surface area contributed by atoms with Gasteiger partial charge in [0.15, 0.2) is 0 Å². The van der Waals surface area contributed by atoms with Gasteiger partial charge in [0, 0.05) is 17.7 Å². The highest BCUT2D eigenvalue weighted by Crippen LogP contribution is 2.36. The molecule has 1 aromatic carbocycles. The molecule has 0 spiro atoms. The van der Waals surface area contributed by atoms with Crippen molar-refractivity contribution in [3.8, 4) is 0 Å². The largest absolute Gasteiger partial charge is 0.323 e. The van der Waals surface area contributed by atoms with Crippen molar-refractivity contribution in [1.82, 2.24) is 0 Å². The van der Waals surface area contributed by atoms with Crippen LogP contribution in [-0.4, -0.2) is 4.92 Å². The summed E-state index contributed by atoms with van der Waals surface area (Å²) < 4.78 is 13.3. The average molecular weight is 289 g/mol. The Morgan fingerprint density at radius 1 is 1.32 bits per heavy atom. The van der Waals surface area contributed by atoms with Crippen LogP contribution < -0.4 is 5.73 Å². The maximum absolute atomic E-state index is 13.3. The van der Waals surface area contributed by atoms with Crippen LogP contribution in [0, 0.1) is 21.8 Å². The first-order chi connectivity index (χ1) is 8.59. The van der Waals surface area contributed by atoms with Gasteiger partial charge in [0.05, 0.1) is 4.92 Å². The molecule has 2 rings (SSSR count). The lowest BCUT2D eigenvalue weighted by atomic mass is 9.81. The third kappa shape index (κ3) is 3.64. The summed E-state index contributed by atoms with van der Waals surface area (Å²) in [6, 6.07) is 3.07. The summed E-state index contributed by atoms with van der Waals surface area (Å²) >= 11 is 0. The Hall–Kier alpha value is -1.20. The number of hydrogen-bond acceptors (Lipinski definition) is 3. The van der Waals surface area contributed by atoms with Crippen molar-refractivity contribution in [3.63, 3.8) is 0 Å². The van der Waals surface area contributed by atoms with Crippen molar-refractivity contribution in [2.24, 2.45) is 11.7 Å². The molecule has 0 amide bonds. The van der Waals surface area contributed by atoms with E-state index in [1.807, 2.05) is 0 Å². The number of nitro benzene ring substituents is 1. The van der Waals surface area contributed by atoms with E-state index in [-0.39, 0.29) is 24.0 Å². The Balaban J connectivity index is 0.00000180. The van der Waals surface area contributed by atoms with Gasteiger partial charge in [-0.2, -0.15) is 0 Å². The molecule has 0 aromatic heterocycles. The molecule has 1 fully saturated rings. The lowest BCUT2D eigenvalue weighted by Crippen LogP contribution is -2.24. The molecule has 0 radical (unpaired) electrons. The van der Waals surface area contributed by atoms with E-state index in [0.29, 0.717) is 5.56 Å². The number of halogens is 2. The maximum Gasteiger partial charge on any atom is 0.274 e. The van der Waals surface area contributed by atoms with Crippen LogP contribution in [0.5, 0.6) is 0 Å². The van der Waals surface area contributed by atoms with Gasteiger partial charge in [-0.15, -0.1) is 12.4 Å². The van der Waals surface area contributed by atoms with E-state index in [1.54, 1.807) is 0 Å².